The van der Waals surface area contributed by atoms with Gasteiger partial charge in [0.25, 0.3) is 0 Å². The van der Waals surface area contributed by atoms with Crippen LogP contribution in [0.4, 0.5) is 0 Å². The van der Waals surface area contributed by atoms with Gasteiger partial charge in [-0.1, -0.05) is 12.1 Å². The second-order valence-electron chi connectivity index (χ2n) is 4.75. The third-order valence-electron chi connectivity index (χ3n) is 3.64. The van der Waals surface area contributed by atoms with E-state index in [4.69, 9.17) is 9.26 Å². The Morgan fingerprint density at radius 3 is 2.82 bits per heavy atom. The van der Waals surface area contributed by atoms with E-state index in [1.807, 2.05) is 0 Å². The quantitative estimate of drug-likeness (QED) is 0.822. The van der Waals surface area contributed by atoms with Crippen LogP contribution in [0.5, 0.6) is 0 Å². The molecule has 1 atom stereocenters. The van der Waals surface area contributed by atoms with Crippen LogP contribution in [0.15, 0.2) is 4.52 Å². The molecule has 1 heterocycles. The van der Waals surface area contributed by atoms with Crippen LogP contribution in [0.1, 0.15) is 51.2 Å². The van der Waals surface area contributed by atoms with Gasteiger partial charge in [-0.25, -0.2) is 0 Å². The summed E-state index contributed by atoms with van der Waals surface area (Å²) < 4.78 is 10.8. The molecule has 1 saturated carbocycles. The maximum Gasteiger partial charge on any atom is 0.240 e. The minimum Gasteiger partial charge on any atom is -0.370 e. The Kier molecular flexibility index (Phi) is 3.79. The first-order valence-electron chi connectivity index (χ1n) is 6.32. The van der Waals surface area contributed by atoms with Crippen LogP contribution in [0.25, 0.3) is 0 Å². The number of rotatable bonds is 6. The van der Waals surface area contributed by atoms with E-state index in [9.17, 15) is 0 Å². The lowest BCUT2D eigenvalue weighted by atomic mass is 9.79. The summed E-state index contributed by atoms with van der Waals surface area (Å²) in [7, 11) is 1.71. The summed E-state index contributed by atoms with van der Waals surface area (Å²) in [5.41, 5.74) is -0.280. The molecule has 0 radical (unpaired) electrons. The molecular weight excluding hydrogens is 218 g/mol. The van der Waals surface area contributed by atoms with Crippen molar-refractivity contribution in [3.05, 3.63) is 11.7 Å². The van der Waals surface area contributed by atoms with Gasteiger partial charge >= 0.3 is 0 Å². The first kappa shape index (κ1) is 12.5. The fourth-order valence-corrected chi connectivity index (χ4v) is 1.93. The molecule has 1 aliphatic carbocycles. The number of hydrogen-bond acceptors (Lipinski definition) is 5. The molecule has 5 nitrogen and oxygen atoms in total. The van der Waals surface area contributed by atoms with Crippen molar-refractivity contribution in [2.75, 3.05) is 7.11 Å². The van der Waals surface area contributed by atoms with E-state index in [0.29, 0.717) is 24.3 Å². The van der Waals surface area contributed by atoms with Gasteiger partial charge in [0, 0.05) is 13.2 Å². The fourth-order valence-electron chi connectivity index (χ4n) is 1.93. The van der Waals surface area contributed by atoms with Crippen LogP contribution in [0, 0.1) is 0 Å². The Morgan fingerprint density at radius 2 is 2.29 bits per heavy atom. The Hall–Kier alpha value is -0.940. The Balaban J connectivity index is 1.96. The van der Waals surface area contributed by atoms with Crippen molar-refractivity contribution in [3.63, 3.8) is 0 Å². The predicted molar refractivity (Wildman–Crippen MR) is 63.4 cm³/mol. The van der Waals surface area contributed by atoms with E-state index < -0.39 is 0 Å². The number of hydrogen-bond donors (Lipinski definition) is 1. The normalized spacial score (nSPS) is 19.9. The van der Waals surface area contributed by atoms with Gasteiger partial charge in [-0.15, -0.1) is 0 Å². The number of nitrogens with one attached hydrogen (secondary N) is 1. The zero-order valence-corrected chi connectivity index (χ0v) is 10.8. The van der Waals surface area contributed by atoms with Crippen LogP contribution in [-0.4, -0.2) is 23.3 Å². The van der Waals surface area contributed by atoms with Crippen LogP contribution < -0.4 is 5.32 Å². The van der Waals surface area contributed by atoms with Crippen molar-refractivity contribution in [2.45, 2.75) is 57.7 Å². The van der Waals surface area contributed by atoms with Crippen LogP contribution in [-0.2, 0) is 16.9 Å². The van der Waals surface area contributed by atoms with Gasteiger partial charge in [0.05, 0.1) is 6.54 Å². The van der Waals surface area contributed by atoms with Crippen molar-refractivity contribution in [2.24, 2.45) is 0 Å². The Morgan fingerprint density at radius 1 is 1.53 bits per heavy atom. The van der Waals surface area contributed by atoms with Crippen molar-refractivity contribution in [1.29, 1.82) is 0 Å². The molecule has 1 unspecified atom stereocenters. The van der Waals surface area contributed by atoms with Gasteiger partial charge in [-0.2, -0.15) is 4.98 Å². The first-order valence-corrected chi connectivity index (χ1v) is 6.32. The van der Waals surface area contributed by atoms with Crippen molar-refractivity contribution < 1.29 is 9.26 Å². The van der Waals surface area contributed by atoms with Crippen molar-refractivity contribution in [3.8, 4) is 0 Å². The lowest BCUT2D eigenvalue weighted by molar-refractivity contribution is -0.0858. The summed E-state index contributed by atoms with van der Waals surface area (Å²) in [5, 5.41) is 7.36. The molecule has 1 aromatic heterocycles. The molecule has 1 aromatic rings. The summed E-state index contributed by atoms with van der Waals surface area (Å²) in [4.78, 5) is 4.42. The van der Waals surface area contributed by atoms with E-state index in [2.05, 4.69) is 29.3 Å². The van der Waals surface area contributed by atoms with Gasteiger partial charge < -0.3 is 14.6 Å². The van der Waals surface area contributed by atoms with E-state index in [1.165, 1.54) is 6.42 Å². The van der Waals surface area contributed by atoms with Gasteiger partial charge in [-0.3, -0.25) is 0 Å². The lowest BCUT2D eigenvalue weighted by Crippen LogP contribution is -2.37. The highest BCUT2D eigenvalue weighted by atomic mass is 16.5. The van der Waals surface area contributed by atoms with E-state index >= 15 is 0 Å². The minimum absolute atomic E-state index is 0.280. The Labute approximate surface area is 102 Å². The molecule has 17 heavy (non-hydrogen) atoms. The van der Waals surface area contributed by atoms with Gasteiger partial charge in [-0.05, 0) is 32.6 Å². The summed E-state index contributed by atoms with van der Waals surface area (Å²) in [6.45, 7) is 4.91. The summed E-state index contributed by atoms with van der Waals surface area (Å²) in [5.74, 6) is 1.34. The molecule has 0 amide bonds. The van der Waals surface area contributed by atoms with Crippen LogP contribution >= 0.6 is 0 Å². The highest BCUT2D eigenvalue weighted by Crippen LogP contribution is 2.42. The van der Waals surface area contributed by atoms with Gasteiger partial charge in [0.2, 0.25) is 11.7 Å². The monoisotopic (exact) mass is 239 g/mol. The smallest absolute Gasteiger partial charge is 0.240 e. The van der Waals surface area contributed by atoms with E-state index in [0.717, 1.165) is 19.3 Å². The van der Waals surface area contributed by atoms with Gasteiger partial charge in [0.1, 0.15) is 5.60 Å². The summed E-state index contributed by atoms with van der Waals surface area (Å²) in [6, 6.07) is 0.463. The average molecular weight is 239 g/mol. The summed E-state index contributed by atoms with van der Waals surface area (Å²) in [6.07, 6.45) is 4.23. The standard InChI is InChI=1S/C12H21N3O2/c1-4-9(2)13-8-10-14-11(15-17-10)12(16-3)6-5-7-12/h9,13H,4-8H2,1-3H3. The van der Waals surface area contributed by atoms with Crippen molar-refractivity contribution in [1.82, 2.24) is 15.5 Å². The highest BCUT2D eigenvalue weighted by molar-refractivity contribution is 5.06. The zero-order chi connectivity index (χ0) is 12.3. The molecule has 1 aliphatic rings. The molecule has 1 fully saturated rings. The number of methoxy groups -OCH3 is 1. The topological polar surface area (TPSA) is 60.2 Å². The number of aromatic nitrogens is 2. The highest BCUT2D eigenvalue weighted by Gasteiger charge is 2.43. The second kappa shape index (κ2) is 5.14. The Bertz CT molecular complexity index is 355. The minimum atomic E-state index is -0.280. The first-order chi connectivity index (χ1) is 8.20. The number of ether oxygens (including phenoxy) is 1. The summed E-state index contributed by atoms with van der Waals surface area (Å²) >= 11 is 0. The molecule has 0 aromatic carbocycles. The predicted octanol–water partition coefficient (Wildman–Crippen LogP) is 1.98. The lowest BCUT2D eigenvalue weighted by Gasteiger charge is -2.37. The van der Waals surface area contributed by atoms with Crippen LogP contribution in [0.2, 0.25) is 0 Å². The zero-order valence-electron chi connectivity index (χ0n) is 10.8. The van der Waals surface area contributed by atoms with E-state index in [1.54, 1.807) is 7.11 Å². The van der Waals surface area contributed by atoms with Gasteiger partial charge in [0.15, 0.2) is 0 Å². The maximum atomic E-state index is 5.51. The molecule has 0 spiro atoms. The van der Waals surface area contributed by atoms with Crippen LogP contribution in [0.3, 0.4) is 0 Å². The molecule has 0 saturated heterocycles. The SMILES string of the molecule is CCC(C)NCc1nc(C2(OC)CCC2)no1. The molecule has 0 aliphatic heterocycles. The molecular formula is C12H21N3O2. The largest absolute Gasteiger partial charge is 0.370 e. The van der Waals surface area contributed by atoms with Crippen molar-refractivity contribution >= 4 is 0 Å². The maximum absolute atomic E-state index is 5.51. The molecule has 5 heteroatoms. The third-order valence-corrected chi connectivity index (χ3v) is 3.64. The molecule has 1 N–H and O–H groups in total. The third kappa shape index (κ3) is 2.50. The second-order valence-corrected chi connectivity index (χ2v) is 4.75. The number of nitrogens with zero attached hydrogens (tertiary/aromatic N) is 2. The average Bonchev–Trinajstić information content (AvgIpc) is 2.74. The van der Waals surface area contributed by atoms with E-state index in [-0.39, 0.29) is 5.60 Å². The fraction of sp³-hybridized carbons (Fsp3) is 0.833. The molecule has 96 valence electrons. The molecule has 2 rings (SSSR count). The molecule has 0 bridgehead atoms.